The molecule has 2 saturated heterocycles. The van der Waals surface area contributed by atoms with Crippen molar-refractivity contribution in [2.45, 2.75) is 25.7 Å². The van der Waals surface area contributed by atoms with Gasteiger partial charge in [-0.15, -0.1) is 0 Å². The van der Waals surface area contributed by atoms with Crippen LogP contribution in [0.3, 0.4) is 0 Å². The van der Waals surface area contributed by atoms with Crippen LogP contribution in [-0.2, 0) is 19.2 Å². The van der Waals surface area contributed by atoms with Crippen LogP contribution in [0.2, 0.25) is 0 Å². The SMILES string of the molecule is COc1cc(O)cc(OC)c1C1C2=CCC3C(=O)N(c4cccc([N+](=O)[O-])c4)C(=O)C3C2CC2C(=O)N(c3ccccc3)C(=O)C21C. The van der Waals surface area contributed by atoms with E-state index in [1.54, 1.807) is 37.3 Å². The summed E-state index contributed by atoms with van der Waals surface area (Å²) in [5, 5.41) is 22.0. The molecule has 3 fully saturated rings. The third-order valence-electron chi connectivity index (χ3n) is 10.4. The summed E-state index contributed by atoms with van der Waals surface area (Å²) in [5.74, 6) is -5.48. The molecule has 6 unspecified atom stereocenters. The molecule has 240 valence electrons. The number of phenols is 1. The van der Waals surface area contributed by atoms with Crippen LogP contribution in [0.4, 0.5) is 17.1 Å². The van der Waals surface area contributed by atoms with Crippen LogP contribution in [0.5, 0.6) is 17.2 Å². The van der Waals surface area contributed by atoms with E-state index >= 15 is 0 Å². The van der Waals surface area contributed by atoms with Crippen molar-refractivity contribution in [3.63, 3.8) is 0 Å². The summed E-state index contributed by atoms with van der Waals surface area (Å²) in [4.78, 5) is 70.2. The van der Waals surface area contributed by atoms with E-state index in [1.165, 1.54) is 55.5 Å². The lowest BCUT2D eigenvalue weighted by atomic mass is 9.51. The van der Waals surface area contributed by atoms with Gasteiger partial charge in [0.2, 0.25) is 23.6 Å². The summed E-state index contributed by atoms with van der Waals surface area (Å²) in [6.07, 6.45) is 2.18. The number of hydrogen-bond donors (Lipinski definition) is 1. The number of allylic oxidation sites excluding steroid dienone is 2. The number of methoxy groups -OCH3 is 2. The molecule has 2 aliphatic heterocycles. The molecule has 2 heterocycles. The van der Waals surface area contributed by atoms with E-state index in [1.807, 2.05) is 6.08 Å². The summed E-state index contributed by atoms with van der Waals surface area (Å²) < 4.78 is 11.5. The molecule has 0 radical (unpaired) electrons. The van der Waals surface area contributed by atoms with Crippen LogP contribution in [0.15, 0.2) is 78.4 Å². The number of fused-ring (bicyclic) bond motifs is 4. The Kier molecular flexibility index (Phi) is 6.92. The van der Waals surface area contributed by atoms with Gasteiger partial charge in [0.25, 0.3) is 5.69 Å². The number of imide groups is 2. The molecule has 12 heteroatoms. The van der Waals surface area contributed by atoms with Gasteiger partial charge in [0.1, 0.15) is 17.2 Å². The van der Waals surface area contributed by atoms with Crippen molar-refractivity contribution >= 4 is 40.7 Å². The summed E-state index contributed by atoms with van der Waals surface area (Å²) >= 11 is 0. The summed E-state index contributed by atoms with van der Waals surface area (Å²) in [7, 11) is 2.86. The fourth-order valence-electron chi connectivity index (χ4n) is 8.36. The number of para-hydroxylation sites is 1. The normalized spacial score (nSPS) is 28.1. The first kappa shape index (κ1) is 30.2. The van der Waals surface area contributed by atoms with E-state index in [2.05, 4.69) is 0 Å². The average Bonchev–Trinajstić information content (AvgIpc) is 3.44. The predicted molar refractivity (Wildman–Crippen MR) is 168 cm³/mol. The van der Waals surface area contributed by atoms with E-state index in [-0.39, 0.29) is 41.5 Å². The molecule has 4 aliphatic rings. The fraction of sp³-hybridized carbons (Fsp3) is 0.314. The van der Waals surface area contributed by atoms with Gasteiger partial charge in [-0.3, -0.25) is 29.3 Å². The van der Waals surface area contributed by atoms with Crippen LogP contribution in [0.25, 0.3) is 0 Å². The minimum Gasteiger partial charge on any atom is -0.508 e. The van der Waals surface area contributed by atoms with E-state index in [0.29, 0.717) is 16.8 Å². The Balaban J connectivity index is 1.41. The van der Waals surface area contributed by atoms with E-state index in [9.17, 15) is 34.4 Å². The zero-order valence-electron chi connectivity index (χ0n) is 25.8. The zero-order chi connectivity index (χ0) is 33.4. The van der Waals surface area contributed by atoms with Crippen LogP contribution >= 0.6 is 0 Å². The number of rotatable bonds is 6. The summed E-state index contributed by atoms with van der Waals surface area (Å²) in [6.45, 7) is 1.75. The highest BCUT2D eigenvalue weighted by Crippen LogP contribution is 2.65. The molecule has 2 aliphatic carbocycles. The topological polar surface area (TPSA) is 157 Å². The Morgan fingerprint density at radius 3 is 2.15 bits per heavy atom. The maximum Gasteiger partial charge on any atom is 0.271 e. The van der Waals surface area contributed by atoms with Gasteiger partial charge < -0.3 is 14.6 Å². The third-order valence-corrected chi connectivity index (χ3v) is 10.4. The second kappa shape index (κ2) is 10.8. The Morgan fingerprint density at radius 2 is 1.51 bits per heavy atom. The number of ether oxygens (including phenoxy) is 2. The molecule has 12 nitrogen and oxygen atoms in total. The number of amides is 4. The van der Waals surface area contributed by atoms with Gasteiger partial charge in [-0.2, -0.15) is 0 Å². The number of aromatic hydroxyl groups is 1. The number of phenolic OH excluding ortho intramolecular Hbond substituents is 1. The molecular formula is C35H31N3O9. The monoisotopic (exact) mass is 637 g/mol. The summed E-state index contributed by atoms with van der Waals surface area (Å²) in [6, 6.07) is 16.9. The minimum atomic E-state index is -1.36. The predicted octanol–water partition coefficient (Wildman–Crippen LogP) is 4.75. The number of nitro groups is 1. The molecule has 3 aromatic rings. The highest BCUT2D eigenvalue weighted by molar-refractivity contribution is 6.25. The molecule has 4 amide bonds. The molecule has 1 N–H and O–H groups in total. The number of nitrogens with zero attached hydrogens (tertiary/aromatic N) is 3. The first-order valence-electron chi connectivity index (χ1n) is 15.2. The second-order valence-corrected chi connectivity index (χ2v) is 12.5. The lowest BCUT2D eigenvalue weighted by Crippen LogP contribution is -2.49. The van der Waals surface area contributed by atoms with Crippen molar-refractivity contribution in [3.05, 3.63) is 94.1 Å². The molecule has 1 saturated carbocycles. The van der Waals surface area contributed by atoms with Gasteiger partial charge in [-0.25, -0.2) is 9.80 Å². The first-order chi connectivity index (χ1) is 22.5. The molecular weight excluding hydrogens is 606 g/mol. The quantitative estimate of drug-likeness (QED) is 0.174. The van der Waals surface area contributed by atoms with Gasteiger partial charge >= 0.3 is 0 Å². The van der Waals surface area contributed by atoms with Gasteiger partial charge in [0.05, 0.1) is 53.7 Å². The largest absolute Gasteiger partial charge is 0.508 e. The van der Waals surface area contributed by atoms with Crippen molar-refractivity contribution in [2.75, 3.05) is 24.0 Å². The van der Waals surface area contributed by atoms with Crippen LogP contribution in [-0.4, -0.2) is 47.9 Å². The van der Waals surface area contributed by atoms with Crippen molar-refractivity contribution in [1.82, 2.24) is 0 Å². The third kappa shape index (κ3) is 4.20. The van der Waals surface area contributed by atoms with Crippen molar-refractivity contribution in [3.8, 4) is 17.2 Å². The Hall–Kier alpha value is -5.52. The van der Waals surface area contributed by atoms with Gasteiger partial charge in [0.15, 0.2) is 0 Å². The number of nitro benzene ring substituents is 1. The summed E-state index contributed by atoms with van der Waals surface area (Å²) in [5.41, 5.74) is 0.0496. The van der Waals surface area contributed by atoms with Gasteiger partial charge in [-0.05, 0) is 43.9 Å². The van der Waals surface area contributed by atoms with Crippen molar-refractivity contribution in [2.24, 2.45) is 29.1 Å². The molecule has 7 rings (SSSR count). The highest BCUT2D eigenvalue weighted by Gasteiger charge is 2.68. The highest BCUT2D eigenvalue weighted by atomic mass is 16.6. The fourth-order valence-corrected chi connectivity index (χ4v) is 8.36. The second-order valence-electron chi connectivity index (χ2n) is 12.5. The van der Waals surface area contributed by atoms with Crippen LogP contribution < -0.4 is 19.3 Å². The smallest absolute Gasteiger partial charge is 0.271 e. The Bertz CT molecular complexity index is 1880. The average molecular weight is 638 g/mol. The molecule has 3 aromatic carbocycles. The van der Waals surface area contributed by atoms with E-state index < -0.39 is 63.6 Å². The van der Waals surface area contributed by atoms with Gasteiger partial charge in [-0.1, -0.05) is 35.9 Å². The molecule has 6 atom stereocenters. The maximum absolute atomic E-state index is 14.6. The van der Waals surface area contributed by atoms with Gasteiger partial charge in [0, 0.05) is 35.7 Å². The zero-order valence-corrected chi connectivity index (χ0v) is 25.8. The standard InChI is InChI=1S/C35H31N3O9/c1-35-25(32(41)37(34(35)43)18-8-5-4-6-9-18)17-24-22(30(35)29-26(46-2)15-21(39)16-27(29)47-3)12-13-23-28(24)33(42)36(31(23)40)19-10-7-11-20(14-19)38(44)45/h4-12,14-16,23-25,28,30,39H,13,17H2,1-3H3. The number of carbonyl (C=O) groups excluding carboxylic acids is 4. The van der Waals surface area contributed by atoms with Crippen molar-refractivity contribution in [1.29, 1.82) is 0 Å². The van der Waals surface area contributed by atoms with Crippen LogP contribution in [0, 0.1) is 39.2 Å². The van der Waals surface area contributed by atoms with E-state index in [0.717, 1.165) is 4.90 Å². The minimum absolute atomic E-state index is 0.103. The lowest BCUT2D eigenvalue weighted by Gasteiger charge is -2.49. The Morgan fingerprint density at radius 1 is 0.851 bits per heavy atom. The molecule has 0 spiro atoms. The molecule has 47 heavy (non-hydrogen) atoms. The number of benzene rings is 3. The first-order valence-corrected chi connectivity index (χ1v) is 15.2. The Labute approximate surface area is 269 Å². The van der Waals surface area contributed by atoms with Crippen molar-refractivity contribution < 1.29 is 38.7 Å². The lowest BCUT2D eigenvalue weighted by molar-refractivity contribution is -0.384. The number of non-ortho nitro benzene ring substituents is 1. The number of hydrogen-bond acceptors (Lipinski definition) is 9. The van der Waals surface area contributed by atoms with E-state index in [4.69, 9.17) is 9.47 Å². The molecule has 0 aromatic heterocycles. The number of carbonyl (C=O) groups is 4. The molecule has 0 bridgehead atoms. The number of anilines is 2. The van der Waals surface area contributed by atoms with Crippen LogP contribution in [0.1, 0.15) is 31.2 Å². The maximum atomic E-state index is 14.6.